The lowest BCUT2D eigenvalue weighted by Gasteiger charge is -2.06. The van der Waals surface area contributed by atoms with Crippen molar-refractivity contribution in [2.24, 2.45) is 0 Å². The maximum absolute atomic E-state index is 3.49. The first-order chi connectivity index (χ1) is 8.19. The summed E-state index contributed by atoms with van der Waals surface area (Å²) in [7, 11) is 0. The Morgan fingerprint density at radius 2 is 1.76 bits per heavy atom. The lowest BCUT2D eigenvalue weighted by atomic mass is 10.2. The van der Waals surface area contributed by atoms with Crippen LogP contribution in [0.15, 0.2) is 56.7 Å². The first-order valence-electron chi connectivity index (χ1n) is 5.72. The second-order valence-electron chi connectivity index (χ2n) is 4.01. The molecule has 0 atom stereocenters. The summed E-state index contributed by atoms with van der Waals surface area (Å²) >= 11 is 5.31. The molecule has 0 saturated carbocycles. The Bertz CT molecular complexity index is 503. The summed E-state index contributed by atoms with van der Waals surface area (Å²) in [4.78, 5) is 2.62. The Labute approximate surface area is 116 Å². The number of benzene rings is 2. The molecule has 0 aliphatic rings. The fraction of sp³-hybridized carbons (Fsp3) is 0.200. The third-order valence-corrected chi connectivity index (χ3v) is 4.38. The number of rotatable bonds is 3. The molecule has 0 heterocycles. The van der Waals surface area contributed by atoms with Gasteiger partial charge in [-0.2, -0.15) is 0 Å². The van der Waals surface area contributed by atoms with Gasteiger partial charge in [0.1, 0.15) is 0 Å². The Morgan fingerprint density at radius 3 is 2.35 bits per heavy atom. The summed E-state index contributed by atoms with van der Waals surface area (Å²) in [6.07, 6.45) is 1.10. The minimum absolute atomic E-state index is 1.10. The fourth-order valence-corrected chi connectivity index (χ4v) is 3.01. The van der Waals surface area contributed by atoms with Crippen LogP contribution in [0.1, 0.15) is 18.1 Å². The van der Waals surface area contributed by atoms with Gasteiger partial charge in [-0.25, -0.2) is 0 Å². The fourth-order valence-electron chi connectivity index (χ4n) is 1.65. The van der Waals surface area contributed by atoms with Gasteiger partial charge in [-0.1, -0.05) is 46.7 Å². The molecule has 0 spiro atoms. The van der Waals surface area contributed by atoms with E-state index in [0.717, 1.165) is 10.9 Å². The molecule has 0 fully saturated rings. The van der Waals surface area contributed by atoms with Crippen molar-refractivity contribution in [1.29, 1.82) is 0 Å². The van der Waals surface area contributed by atoms with Gasteiger partial charge in [0.25, 0.3) is 0 Å². The Hall–Kier alpha value is -0.730. The number of aryl methyl sites for hydroxylation is 2. The minimum atomic E-state index is 1.10. The van der Waals surface area contributed by atoms with Crippen LogP contribution in [0, 0.1) is 6.92 Å². The third-order valence-electron chi connectivity index (χ3n) is 2.70. The van der Waals surface area contributed by atoms with Crippen LogP contribution in [0.5, 0.6) is 0 Å². The molecule has 0 unspecified atom stereocenters. The molecule has 0 bridgehead atoms. The van der Waals surface area contributed by atoms with Gasteiger partial charge < -0.3 is 0 Å². The predicted molar refractivity (Wildman–Crippen MR) is 78.8 cm³/mol. The molecule has 2 aromatic rings. The minimum Gasteiger partial charge on any atom is -0.0898 e. The van der Waals surface area contributed by atoms with E-state index in [2.05, 4.69) is 72.2 Å². The van der Waals surface area contributed by atoms with E-state index in [1.807, 2.05) is 11.8 Å². The zero-order valence-corrected chi connectivity index (χ0v) is 12.4. The molecule has 0 aliphatic heterocycles. The van der Waals surface area contributed by atoms with Gasteiger partial charge in [0.15, 0.2) is 0 Å². The number of hydrogen-bond donors (Lipinski definition) is 0. The van der Waals surface area contributed by atoms with Gasteiger partial charge in [-0.05, 0) is 54.8 Å². The SMILES string of the molecule is CCc1ccc(Sc2ccc(Br)cc2C)cc1. The zero-order valence-electron chi connectivity index (χ0n) is 10.0. The van der Waals surface area contributed by atoms with Crippen molar-refractivity contribution in [3.8, 4) is 0 Å². The molecule has 88 valence electrons. The van der Waals surface area contributed by atoms with Gasteiger partial charge in [0.2, 0.25) is 0 Å². The highest BCUT2D eigenvalue weighted by Gasteiger charge is 2.01. The second kappa shape index (κ2) is 5.74. The summed E-state index contributed by atoms with van der Waals surface area (Å²) < 4.78 is 1.14. The lowest BCUT2D eigenvalue weighted by molar-refractivity contribution is 1.13. The molecule has 0 radical (unpaired) electrons. The highest BCUT2D eigenvalue weighted by molar-refractivity contribution is 9.10. The smallest absolute Gasteiger partial charge is 0.0178 e. The standard InChI is InChI=1S/C15H15BrS/c1-3-12-4-7-14(8-5-12)17-15-9-6-13(16)10-11(15)2/h4-10H,3H2,1-2H3. The van der Waals surface area contributed by atoms with E-state index >= 15 is 0 Å². The molecular weight excluding hydrogens is 292 g/mol. The van der Waals surface area contributed by atoms with E-state index in [1.54, 1.807) is 0 Å². The number of halogens is 1. The van der Waals surface area contributed by atoms with Crippen molar-refractivity contribution in [1.82, 2.24) is 0 Å². The van der Waals surface area contributed by atoms with Crippen LogP contribution in [0.3, 0.4) is 0 Å². The lowest BCUT2D eigenvalue weighted by Crippen LogP contribution is -1.82. The third kappa shape index (κ3) is 3.36. The van der Waals surface area contributed by atoms with Gasteiger partial charge in [0.05, 0.1) is 0 Å². The van der Waals surface area contributed by atoms with Crippen LogP contribution in [-0.2, 0) is 6.42 Å². The molecule has 0 amide bonds. The van der Waals surface area contributed by atoms with Gasteiger partial charge in [-0.3, -0.25) is 0 Å². The van der Waals surface area contributed by atoms with Crippen LogP contribution in [-0.4, -0.2) is 0 Å². The van der Waals surface area contributed by atoms with E-state index in [9.17, 15) is 0 Å². The summed E-state index contributed by atoms with van der Waals surface area (Å²) in [6.45, 7) is 4.33. The highest BCUT2D eigenvalue weighted by atomic mass is 79.9. The molecule has 0 saturated heterocycles. The van der Waals surface area contributed by atoms with Crippen LogP contribution in [0.4, 0.5) is 0 Å². The first-order valence-corrected chi connectivity index (χ1v) is 7.33. The van der Waals surface area contributed by atoms with Crippen molar-refractivity contribution >= 4 is 27.7 Å². The monoisotopic (exact) mass is 306 g/mol. The van der Waals surface area contributed by atoms with Crippen LogP contribution >= 0.6 is 27.7 Å². The summed E-state index contributed by atoms with van der Waals surface area (Å²) in [5.41, 5.74) is 2.70. The molecule has 0 aromatic heterocycles. The first kappa shape index (κ1) is 12.7. The number of hydrogen-bond acceptors (Lipinski definition) is 1. The maximum atomic E-state index is 3.49. The van der Waals surface area contributed by atoms with Crippen molar-refractivity contribution in [3.63, 3.8) is 0 Å². The van der Waals surface area contributed by atoms with Crippen molar-refractivity contribution < 1.29 is 0 Å². The van der Waals surface area contributed by atoms with Crippen molar-refractivity contribution in [3.05, 3.63) is 58.1 Å². The Kier molecular flexibility index (Phi) is 4.30. The molecule has 0 aliphatic carbocycles. The highest BCUT2D eigenvalue weighted by Crippen LogP contribution is 2.31. The van der Waals surface area contributed by atoms with Gasteiger partial charge >= 0.3 is 0 Å². The normalized spacial score (nSPS) is 10.5. The summed E-state index contributed by atoms with van der Waals surface area (Å²) in [5.74, 6) is 0. The van der Waals surface area contributed by atoms with E-state index in [0.29, 0.717) is 0 Å². The molecule has 17 heavy (non-hydrogen) atoms. The molecule has 2 rings (SSSR count). The topological polar surface area (TPSA) is 0 Å². The van der Waals surface area contributed by atoms with E-state index in [1.165, 1.54) is 20.9 Å². The molecule has 2 aromatic carbocycles. The molecule has 0 N–H and O–H groups in total. The molecule has 0 nitrogen and oxygen atoms in total. The van der Waals surface area contributed by atoms with Crippen LogP contribution in [0.25, 0.3) is 0 Å². The van der Waals surface area contributed by atoms with Crippen molar-refractivity contribution in [2.75, 3.05) is 0 Å². The van der Waals surface area contributed by atoms with E-state index in [4.69, 9.17) is 0 Å². The van der Waals surface area contributed by atoms with Crippen molar-refractivity contribution in [2.45, 2.75) is 30.1 Å². The van der Waals surface area contributed by atoms with Crippen LogP contribution < -0.4 is 0 Å². The Morgan fingerprint density at radius 1 is 1.06 bits per heavy atom. The quantitative estimate of drug-likeness (QED) is 0.724. The molecular formula is C15H15BrS. The summed E-state index contributed by atoms with van der Waals surface area (Å²) in [6, 6.07) is 15.2. The predicted octanol–water partition coefficient (Wildman–Crippen LogP) is 5.47. The average Bonchev–Trinajstić information content (AvgIpc) is 2.34. The second-order valence-corrected chi connectivity index (χ2v) is 6.04. The summed E-state index contributed by atoms with van der Waals surface area (Å²) in [5, 5.41) is 0. The maximum Gasteiger partial charge on any atom is 0.0178 e. The van der Waals surface area contributed by atoms with Gasteiger partial charge in [-0.15, -0.1) is 0 Å². The van der Waals surface area contributed by atoms with Crippen LogP contribution in [0.2, 0.25) is 0 Å². The zero-order chi connectivity index (χ0) is 12.3. The Balaban J connectivity index is 2.19. The average molecular weight is 307 g/mol. The van der Waals surface area contributed by atoms with Gasteiger partial charge in [0, 0.05) is 14.3 Å². The van der Waals surface area contributed by atoms with E-state index < -0.39 is 0 Å². The largest absolute Gasteiger partial charge is 0.0898 e. The van der Waals surface area contributed by atoms with E-state index in [-0.39, 0.29) is 0 Å². The molecule has 2 heteroatoms.